The maximum absolute atomic E-state index is 5.06. The van der Waals surface area contributed by atoms with Gasteiger partial charge in [-0.05, 0) is 93.2 Å². The minimum atomic E-state index is 1.05. The van der Waals surface area contributed by atoms with E-state index in [-0.39, 0.29) is 0 Å². The summed E-state index contributed by atoms with van der Waals surface area (Å²) in [4.78, 5) is 7.48. The molecule has 0 aliphatic rings. The summed E-state index contributed by atoms with van der Waals surface area (Å²) >= 11 is 3.61. The van der Waals surface area contributed by atoms with Gasteiger partial charge in [-0.1, -0.05) is 152 Å². The molecule has 0 amide bonds. The van der Waals surface area contributed by atoms with Crippen LogP contribution in [0.5, 0.6) is 0 Å². The largest absolute Gasteiger partial charge is 0.310 e. The SMILES string of the molecule is c1ccc(-c2ccc(N(c3ccc4c(c3)sc3cc5nc(-c6ccccc6)sc5cc34)c3ccc(-c4ccc5ccccc5c4)cc3-c3ccccc3)cc2)cc1. The molecule has 0 unspecified atom stereocenters. The number of benzene rings is 9. The van der Waals surface area contributed by atoms with Gasteiger partial charge in [0.15, 0.2) is 0 Å². The van der Waals surface area contributed by atoms with E-state index in [0.29, 0.717) is 0 Å². The second-order valence-electron chi connectivity index (χ2n) is 14.4. The Hall–Kier alpha value is -6.85. The van der Waals surface area contributed by atoms with Crippen LogP contribution in [0.3, 0.4) is 0 Å². The first-order valence-corrected chi connectivity index (χ1v) is 20.8. The van der Waals surface area contributed by atoms with Gasteiger partial charge in [-0.25, -0.2) is 4.98 Å². The Morgan fingerprint density at radius 1 is 0.351 bits per heavy atom. The van der Waals surface area contributed by atoms with E-state index >= 15 is 0 Å². The van der Waals surface area contributed by atoms with Crippen LogP contribution in [-0.4, -0.2) is 4.98 Å². The number of fused-ring (bicyclic) bond motifs is 5. The number of thiophene rings is 1. The van der Waals surface area contributed by atoms with Gasteiger partial charge in [0.2, 0.25) is 0 Å². The van der Waals surface area contributed by atoms with Crippen LogP contribution in [0.1, 0.15) is 0 Å². The lowest BCUT2D eigenvalue weighted by Crippen LogP contribution is -2.11. The molecule has 0 saturated heterocycles. The number of thiazole rings is 1. The fraction of sp³-hybridized carbons (Fsp3) is 0. The summed E-state index contributed by atoms with van der Waals surface area (Å²) in [6, 6.07) is 74.7. The van der Waals surface area contributed by atoms with Crippen LogP contribution < -0.4 is 4.90 Å². The zero-order valence-corrected chi connectivity index (χ0v) is 32.5. The molecule has 4 heteroatoms. The maximum Gasteiger partial charge on any atom is 0.124 e. The van der Waals surface area contributed by atoms with Gasteiger partial charge >= 0.3 is 0 Å². The zero-order chi connectivity index (χ0) is 37.7. The van der Waals surface area contributed by atoms with Crippen molar-refractivity contribution in [1.82, 2.24) is 4.98 Å². The summed E-state index contributed by atoms with van der Waals surface area (Å²) in [7, 11) is 0. The molecule has 0 aliphatic heterocycles. The van der Waals surface area contributed by atoms with Crippen molar-refractivity contribution in [3.63, 3.8) is 0 Å². The summed E-state index contributed by atoms with van der Waals surface area (Å²) in [5.74, 6) is 0. The third kappa shape index (κ3) is 6.16. The van der Waals surface area contributed by atoms with Gasteiger partial charge < -0.3 is 4.90 Å². The predicted molar refractivity (Wildman–Crippen MR) is 246 cm³/mol. The number of anilines is 3. The molecule has 0 N–H and O–H groups in total. The zero-order valence-electron chi connectivity index (χ0n) is 30.8. The number of hydrogen-bond donors (Lipinski definition) is 0. The summed E-state index contributed by atoms with van der Waals surface area (Å²) in [5.41, 5.74) is 12.7. The molecular formula is C53H34N2S2. The van der Waals surface area contributed by atoms with Crippen molar-refractivity contribution in [3.05, 3.63) is 206 Å². The summed E-state index contributed by atoms with van der Waals surface area (Å²) < 4.78 is 3.72. The predicted octanol–water partition coefficient (Wildman–Crippen LogP) is 16.0. The van der Waals surface area contributed by atoms with Gasteiger partial charge in [0.05, 0.1) is 15.9 Å². The van der Waals surface area contributed by atoms with Crippen LogP contribution >= 0.6 is 22.7 Å². The Bertz CT molecular complexity index is 3220. The van der Waals surface area contributed by atoms with Crippen molar-refractivity contribution in [1.29, 1.82) is 0 Å². The fourth-order valence-corrected chi connectivity index (χ4v) is 10.2. The number of aromatic nitrogens is 1. The number of hydrogen-bond acceptors (Lipinski definition) is 4. The molecule has 0 bridgehead atoms. The standard InChI is InChI=1S/C53H34N2S2/c1-4-12-35(13-5-1)37-22-25-43(26-23-37)55(49-29-24-42(31-46(49)38-15-6-2-7-16-38)41-21-20-36-14-10-11-19-40(36)30-41)44-27-28-45-47-33-52-48(34-51(47)56-50(45)32-44)54-53(57-52)39-17-8-3-9-18-39/h1-34H. The fourth-order valence-electron chi connectivity index (χ4n) is 8.02. The average molecular weight is 763 g/mol. The van der Waals surface area contributed by atoms with Crippen molar-refractivity contribution in [2.45, 2.75) is 0 Å². The Morgan fingerprint density at radius 3 is 1.72 bits per heavy atom. The van der Waals surface area contributed by atoms with Gasteiger partial charge in [-0.2, -0.15) is 0 Å². The lowest BCUT2D eigenvalue weighted by molar-refractivity contribution is 1.29. The van der Waals surface area contributed by atoms with Crippen LogP contribution in [-0.2, 0) is 0 Å². The summed E-state index contributed by atoms with van der Waals surface area (Å²) in [6.45, 7) is 0. The summed E-state index contributed by atoms with van der Waals surface area (Å²) in [6.07, 6.45) is 0. The average Bonchev–Trinajstić information content (AvgIpc) is 3.87. The Balaban J connectivity index is 1.08. The third-order valence-electron chi connectivity index (χ3n) is 10.9. The lowest BCUT2D eigenvalue weighted by atomic mass is 9.95. The van der Waals surface area contributed by atoms with Crippen LogP contribution in [0, 0.1) is 0 Å². The van der Waals surface area contributed by atoms with E-state index in [4.69, 9.17) is 4.98 Å². The van der Waals surface area contributed by atoms with Gasteiger partial charge in [0.1, 0.15) is 5.01 Å². The van der Waals surface area contributed by atoms with E-state index in [1.54, 1.807) is 11.3 Å². The Morgan fingerprint density at radius 2 is 0.947 bits per heavy atom. The molecular weight excluding hydrogens is 729 g/mol. The highest BCUT2D eigenvalue weighted by Gasteiger charge is 2.20. The minimum Gasteiger partial charge on any atom is -0.310 e. The van der Waals surface area contributed by atoms with Crippen molar-refractivity contribution < 1.29 is 0 Å². The van der Waals surface area contributed by atoms with Gasteiger partial charge in [-0.15, -0.1) is 22.7 Å². The second kappa shape index (κ2) is 14.0. The third-order valence-corrected chi connectivity index (χ3v) is 13.1. The molecule has 11 rings (SSSR count). The Labute approximate surface area is 339 Å². The van der Waals surface area contributed by atoms with Crippen molar-refractivity contribution in [3.8, 4) is 44.0 Å². The molecule has 2 aromatic heterocycles. The molecule has 2 heterocycles. The van der Waals surface area contributed by atoms with Crippen molar-refractivity contribution in [2.24, 2.45) is 0 Å². The number of nitrogens with zero attached hydrogens (tertiary/aromatic N) is 2. The van der Waals surface area contributed by atoms with E-state index in [2.05, 4.69) is 211 Å². The van der Waals surface area contributed by atoms with E-state index in [1.807, 2.05) is 11.3 Å². The van der Waals surface area contributed by atoms with Crippen molar-refractivity contribution >= 4 is 80.9 Å². The van der Waals surface area contributed by atoms with Crippen LogP contribution in [0.2, 0.25) is 0 Å². The van der Waals surface area contributed by atoms with E-state index in [9.17, 15) is 0 Å². The quantitative estimate of drug-likeness (QED) is 0.161. The molecule has 0 atom stereocenters. The molecule has 0 aliphatic carbocycles. The van der Waals surface area contributed by atoms with Crippen LogP contribution in [0.15, 0.2) is 206 Å². The van der Waals surface area contributed by atoms with Crippen LogP contribution in [0.4, 0.5) is 17.1 Å². The number of rotatable bonds is 7. The monoisotopic (exact) mass is 762 g/mol. The van der Waals surface area contributed by atoms with Gasteiger partial charge in [0.25, 0.3) is 0 Å². The van der Waals surface area contributed by atoms with E-state index < -0.39 is 0 Å². The normalized spacial score (nSPS) is 11.5. The first-order chi connectivity index (χ1) is 28.2. The maximum atomic E-state index is 5.06. The molecule has 268 valence electrons. The van der Waals surface area contributed by atoms with Crippen LogP contribution in [0.25, 0.3) is 85.1 Å². The topological polar surface area (TPSA) is 16.1 Å². The molecule has 0 spiro atoms. The van der Waals surface area contributed by atoms with Crippen molar-refractivity contribution in [2.75, 3.05) is 4.90 Å². The molecule has 11 aromatic rings. The first kappa shape index (κ1) is 33.5. The Kier molecular flexibility index (Phi) is 8.24. The smallest absolute Gasteiger partial charge is 0.124 e. The highest BCUT2D eigenvalue weighted by Crippen LogP contribution is 2.46. The molecule has 57 heavy (non-hydrogen) atoms. The van der Waals surface area contributed by atoms with E-state index in [0.717, 1.165) is 33.1 Å². The lowest BCUT2D eigenvalue weighted by Gasteiger charge is -2.28. The first-order valence-electron chi connectivity index (χ1n) is 19.2. The minimum absolute atomic E-state index is 1.05. The highest BCUT2D eigenvalue weighted by molar-refractivity contribution is 7.26. The molecule has 2 nitrogen and oxygen atoms in total. The summed E-state index contributed by atoms with van der Waals surface area (Å²) in [5, 5.41) is 6.09. The van der Waals surface area contributed by atoms with Gasteiger partial charge in [-0.3, -0.25) is 0 Å². The molecule has 0 saturated carbocycles. The second-order valence-corrected chi connectivity index (χ2v) is 16.5. The van der Waals surface area contributed by atoms with E-state index in [1.165, 1.54) is 69.0 Å². The van der Waals surface area contributed by atoms with Gasteiger partial charge in [0, 0.05) is 42.7 Å². The molecule has 9 aromatic carbocycles. The molecule has 0 fully saturated rings. The molecule has 0 radical (unpaired) electrons. The highest BCUT2D eigenvalue weighted by atomic mass is 32.1.